The van der Waals surface area contributed by atoms with Crippen LogP contribution in [0.4, 0.5) is 0 Å². The molecular formula is C21H18O2S. The van der Waals surface area contributed by atoms with Crippen LogP contribution in [0.25, 0.3) is 0 Å². The van der Waals surface area contributed by atoms with Gasteiger partial charge < -0.3 is 4.74 Å². The molecule has 0 aromatic heterocycles. The van der Waals surface area contributed by atoms with Crippen molar-refractivity contribution in [2.75, 3.05) is 7.11 Å². The fourth-order valence-corrected chi connectivity index (χ4v) is 3.45. The van der Waals surface area contributed by atoms with Crippen molar-refractivity contribution in [2.45, 2.75) is 10.6 Å². The van der Waals surface area contributed by atoms with Gasteiger partial charge in [-0.1, -0.05) is 54.6 Å². The molecule has 0 saturated carbocycles. The maximum absolute atomic E-state index is 13.0. The van der Waals surface area contributed by atoms with Crippen LogP contribution in [0.3, 0.4) is 0 Å². The lowest BCUT2D eigenvalue weighted by Crippen LogP contribution is -2.06. The lowest BCUT2D eigenvalue weighted by atomic mass is 9.98. The Morgan fingerprint density at radius 2 is 1.46 bits per heavy atom. The number of rotatable bonds is 6. The molecule has 0 aliphatic heterocycles. The van der Waals surface area contributed by atoms with Crippen molar-refractivity contribution in [1.29, 1.82) is 0 Å². The first-order chi connectivity index (χ1) is 11.8. The second-order valence-corrected chi connectivity index (χ2v) is 6.34. The van der Waals surface area contributed by atoms with Gasteiger partial charge in [-0.05, 0) is 29.8 Å². The monoisotopic (exact) mass is 334 g/mol. The summed E-state index contributed by atoms with van der Waals surface area (Å²) in [7, 11) is 1.59. The highest BCUT2D eigenvalue weighted by atomic mass is 32.2. The van der Waals surface area contributed by atoms with E-state index in [-0.39, 0.29) is 5.78 Å². The van der Waals surface area contributed by atoms with Gasteiger partial charge in [0.05, 0.1) is 12.7 Å². The largest absolute Gasteiger partial charge is 0.496 e. The molecule has 0 heterocycles. The van der Waals surface area contributed by atoms with Crippen LogP contribution < -0.4 is 4.74 Å². The number of carbonyl (C=O) groups is 1. The average Bonchev–Trinajstić information content (AvgIpc) is 2.67. The summed E-state index contributed by atoms with van der Waals surface area (Å²) in [5.41, 5.74) is 2.35. The van der Waals surface area contributed by atoms with Crippen molar-refractivity contribution in [1.82, 2.24) is 0 Å². The molecule has 0 unspecified atom stereocenters. The lowest BCUT2D eigenvalue weighted by Gasteiger charge is -2.11. The molecule has 0 spiro atoms. The normalized spacial score (nSPS) is 10.4. The highest BCUT2D eigenvalue weighted by Crippen LogP contribution is 2.27. The first-order valence-corrected chi connectivity index (χ1v) is 8.71. The third-order valence-electron chi connectivity index (χ3n) is 3.75. The predicted molar refractivity (Wildman–Crippen MR) is 98.9 cm³/mol. The predicted octanol–water partition coefficient (Wildman–Crippen LogP) is 5.22. The highest BCUT2D eigenvalue weighted by Gasteiger charge is 2.17. The number of carbonyl (C=O) groups excluding carboxylic acids is 1. The van der Waals surface area contributed by atoms with Crippen molar-refractivity contribution >= 4 is 17.5 Å². The summed E-state index contributed by atoms with van der Waals surface area (Å²) < 4.78 is 5.33. The molecule has 0 radical (unpaired) electrons. The van der Waals surface area contributed by atoms with Gasteiger partial charge in [-0.15, -0.1) is 11.8 Å². The Balaban J connectivity index is 1.87. The Labute approximate surface area is 146 Å². The first kappa shape index (κ1) is 16.3. The van der Waals surface area contributed by atoms with Gasteiger partial charge >= 0.3 is 0 Å². The third kappa shape index (κ3) is 3.69. The zero-order valence-electron chi connectivity index (χ0n) is 13.4. The molecule has 3 aromatic rings. The lowest BCUT2D eigenvalue weighted by molar-refractivity contribution is 0.103. The van der Waals surface area contributed by atoms with E-state index in [0.29, 0.717) is 11.3 Å². The minimum atomic E-state index is -0.00304. The Bertz CT molecular complexity index is 828. The summed E-state index contributed by atoms with van der Waals surface area (Å²) in [5, 5.41) is 0. The topological polar surface area (TPSA) is 26.3 Å². The van der Waals surface area contributed by atoms with E-state index >= 15 is 0 Å². The minimum Gasteiger partial charge on any atom is -0.496 e. The molecule has 0 aliphatic rings. The van der Waals surface area contributed by atoms with Crippen LogP contribution in [-0.2, 0) is 5.75 Å². The summed E-state index contributed by atoms with van der Waals surface area (Å²) in [6, 6.07) is 25.3. The second kappa shape index (κ2) is 7.84. The van der Waals surface area contributed by atoms with Crippen molar-refractivity contribution in [3.63, 3.8) is 0 Å². The number of hydrogen-bond donors (Lipinski definition) is 0. The quantitative estimate of drug-likeness (QED) is 0.457. The molecule has 3 rings (SSSR count). The molecule has 0 saturated heterocycles. The SMILES string of the molecule is COc1ccccc1C(=O)c1ccccc1CSc1ccccc1. The van der Waals surface area contributed by atoms with Crippen molar-refractivity contribution in [2.24, 2.45) is 0 Å². The molecule has 0 atom stereocenters. The summed E-state index contributed by atoms with van der Waals surface area (Å²) in [6.07, 6.45) is 0. The number of hydrogen-bond acceptors (Lipinski definition) is 3. The van der Waals surface area contributed by atoms with Crippen LogP contribution in [-0.4, -0.2) is 12.9 Å². The van der Waals surface area contributed by atoms with E-state index in [0.717, 1.165) is 16.9 Å². The molecule has 0 N–H and O–H groups in total. The van der Waals surface area contributed by atoms with E-state index in [1.54, 1.807) is 18.9 Å². The Hall–Kier alpha value is -2.52. The number of ether oxygens (including phenoxy) is 1. The van der Waals surface area contributed by atoms with E-state index in [4.69, 9.17) is 4.74 Å². The fraction of sp³-hybridized carbons (Fsp3) is 0.0952. The first-order valence-electron chi connectivity index (χ1n) is 7.73. The molecule has 0 bridgehead atoms. The van der Waals surface area contributed by atoms with Gasteiger partial charge in [0.1, 0.15) is 5.75 Å². The number of para-hydroxylation sites is 1. The van der Waals surface area contributed by atoms with Gasteiger partial charge in [-0.3, -0.25) is 4.79 Å². The van der Waals surface area contributed by atoms with Crippen LogP contribution in [0.5, 0.6) is 5.75 Å². The number of methoxy groups -OCH3 is 1. The smallest absolute Gasteiger partial charge is 0.197 e. The van der Waals surface area contributed by atoms with Gasteiger partial charge in [0.2, 0.25) is 0 Å². The van der Waals surface area contributed by atoms with Gasteiger partial charge in [0.15, 0.2) is 5.78 Å². The molecule has 24 heavy (non-hydrogen) atoms. The fourth-order valence-electron chi connectivity index (χ4n) is 2.52. The number of benzene rings is 3. The van der Waals surface area contributed by atoms with E-state index in [1.807, 2.05) is 66.7 Å². The van der Waals surface area contributed by atoms with Crippen molar-refractivity contribution in [3.05, 3.63) is 95.6 Å². The van der Waals surface area contributed by atoms with E-state index < -0.39 is 0 Å². The number of thioether (sulfide) groups is 1. The molecule has 0 fully saturated rings. The Morgan fingerprint density at radius 3 is 2.21 bits per heavy atom. The van der Waals surface area contributed by atoms with E-state index in [2.05, 4.69) is 12.1 Å². The van der Waals surface area contributed by atoms with Crippen LogP contribution in [0.15, 0.2) is 83.8 Å². The van der Waals surface area contributed by atoms with Gasteiger partial charge in [0, 0.05) is 16.2 Å². The van der Waals surface area contributed by atoms with Crippen molar-refractivity contribution < 1.29 is 9.53 Å². The third-order valence-corrected chi connectivity index (χ3v) is 4.81. The maximum Gasteiger partial charge on any atom is 0.197 e. The van der Waals surface area contributed by atoms with E-state index in [1.165, 1.54) is 4.90 Å². The molecule has 3 heteroatoms. The molecule has 3 aromatic carbocycles. The van der Waals surface area contributed by atoms with Crippen LogP contribution in [0.1, 0.15) is 21.5 Å². The second-order valence-electron chi connectivity index (χ2n) is 5.29. The average molecular weight is 334 g/mol. The molecular weight excluding hydrogens is 316 g/mol. The summed E-state index contributed by atoms with van der Waals surface area (Å²) in [6.45, 7) is 0. The summed E-state index contributed by atoms with van der Waals surface area (Å²) >= 11 is 1.73. The van der Waals surface area contributed by atoms with Crippen LogP contribution in [0.2, 0.25) is 0 Å². The molecule has 120 valence electrons. The van der Waals surface area contributed by atoms with Gasteiger partial charge in [-0.2, -0.15) is 0 Å². The molecule has 0 aliphatic carbocycles. The number of ketones is 1. The maximum atomic E-state index is 13.0. The van der Waals surface area contributed by atoms with Crippen LogP contribution >= 0.6 is 11.8 Å². The van der Waals surface area contributed by atoms with E-state index in [9.17, 15) is 4.79 Å². The zero-order valence-corrected chi connectivity index (χ0v) is 14.3. The zero-order chi connectivity index (χ0) is 16.8. The summed E-state index contributed by atoms with van der Waals surface area (Å²) in [5.74, 6) is 1.35. The minimum absolute atomic E-state index is 0.00304. The standard InChI is InChI=1S/C21H18O2S/c1-23-20-14-8-7-13-19(20)21(22)18-12-6-5-9-16(18)15-24-17-10-3-2-4-11-17/h2-14H,15H2,1H3. The Kier molecular flexibility index (Phi) is 5.34. The summed E-state index contributed by atoms with van der Waals surface area (Å²) in [4.78, 5) is 14.2. The molecule has 2 nitrogen and oxygen atoms in total. The van der Waals surface area contributed by atoms with Crippen LogP contribution in [0, 0.1) is 0 Å². The Morgan fingerprint density at radius 1 is 0.833 bits per heavy atom. The molecule has 0 amide bonds. The van der Waals surface area contributed by atoms with Gasteiger partial charge in [0.25, 0.3) is 0 Å². The highest BCUT2D eigenvalue weighted by molar-refractivity contribution is 7.98. The van der Waals surface area contributed by atoms with Crippen molar-refractivity contribution in [3.8, 4) is 5.75 Å². The van der Waals surface area contributed by atoms with Gasteiger partial charge in [-0.25, -0.2) is 0 Å².